The molecule has 24 heavy (non-hydrogen) atoms. The summed E-state index contributed by atoms with van der Waals surface area (Å²) in [5, 5.41) is 3.77. The molecule has 136 valence electrons. The zero-order valence-electron chi connectivity index (χ0n) is 14.9. The molecule has 2 nitrogen and oxygen atoms in total. The number of amides is 1. The van der Waals surface area contributed by atoms with Crippen LogP contribution in [0, 0.1) is 0 Å². The number of nitrogens with one attached hydrogen (secondary N) is 1. The van der Waals surface area contributed by atoms with Gasteiger partial charge in [-0.3, -0.25) is 4.79 Å². The van der Waals surface area contributed by atoms with Crippen LogP contribution in [0.3, 0.4) is 0 Å². The molecule has 0 fully saturated rings. The van der Waals surface area contributed by atoms with Crippen molar-refractivity contribution in [3.8, 4) is 0 Å². The van der Waals surface area contributed by atoms with Crippen molar-refractivity contribution in [2.75, 3.05) is 5.32 Å². The van der Waals surface area contributed by atoms with Crippen molar-refractivity contribution in [1.82, 2.24) is 0 Å². The van der Waals surface area contributed by atoms with Gasteiger partial charge in [-0.25, -0.2) is 0 Å². The number of halogens is 2. The van der Waals surface area contributed by atoms with Gasteiger partial charge in [0.05, 0.1) is 15.7 Å². The monoisotopic (exact) mass is 371 g/mol. The van der Waals surface area contributed by atoms with Crippen LogP contribution in [0.5, 0.6) is 0 Å². The molecule has 0 aromatic heterocycles. The molecule has 0 aliphatic heterocycles. The van der Waals surface area contributed by atoms with E-state index in [1.165, 1.54) is 57.8 Å². The Hall–Kier alpha value is -0.730. The second-order valence-electron chi connectivity index (χ2n) is 6.43. The molecule has 0 bridgehead atoms. The van der Waals surface area contributed by atoms with Gasteiger partial charge in [-0.2, -0.15) is 0 Å². The van der Waals surface area contributed by atoms with Crippen LogP contribution in [0.2, 0.25) is 10.0 Å². The van der Waals surface area contributed by atoms with Crippen molar-refractivity contribution < 1.29 is 4.79 Å². The van der Waals surface area contributed by atoms with Crippen LogP contribution in [0.15, 0.2) is 18.2 Å². The fourth-order valence-electron chi connectivity index (χ4n) is 2.77. The van der Waals surface area contributed by atoms with E-state index in [2.05, 4.69) is 12.2 Å². The van der Waals surface area contributed by atoms with Crippen LogP contribution in [0.4, 0.5) is 5.69 Å². The van der Waals surface area contributed by atoms with Gasteiger partial charge in [-0.1, -0.05) is 100 Å². The summed E-state index contributed by atoms with van der Waals surface area (Å²) >= 11 is 12.1. The molecule has 0 saturated carbocycles. The Morgan fingerprint density at radius 1 is 0.833 bits per heavy atom. The van der Waals surface area contributed by atoms with Crippen molar-refractivity contribution in [3.05, 3.63) is 28.2 Å². The summed E-state index contributed by atoms with van der Waals surface area (Å²) in [6.45, 7) is 2.25. The maximum atomic E-state index is 11.9. The average Bonchev–Trinajstić information content (AvgIpc) is 2.56. The summed E-state index contributed by atoms with van der Waals surface area (Å²) in [4.78, 5) is 11.9. The summed E-state index contributed by atoms with van der Waals surface area (Å²) in [5.41, 5.74) is 0.522. The first kappa shape index (κ1) is 21.3. The molecule has 0 aliphatic carbocycles. The predicted molar refractivity (Wildman–Crippen MR) is 106 cm³/mol. The number of anilines is 1. The lowest BCUT2D eigenvalue weighted by atomic mass is 10.1. The number of para-hydroxylation sites is 1. The van der Waals surface area contributed by atoms with Gasteiger partial charge < -0.3 is 5.32 Å². The number of hydrogen-bond donors (Lipinski definition) is 1. The van der Waals surface area contributed by atoms with E-state index in [9.17, 15) is 4.79 Å². The molecule has 0 radical (unpaired) electrons. The van der Waals surface area contributed by atoms with E-state index in [0.717, 1.165) is 12.8 Å². The number of rotatable bonds is 13. The zero-order valence-corrected chi connectivity index (χ0v) is 16.4. The first-order valence-corrected chi connectivity index (χ1v) is 10.1. The lowest BCUT2D eigenvalue weighted by Crippen LogP contribution is -2.11. The van der Waals surface area contributed by atoms with E-state index >= 15 is 0 Å². The summed E-state index contributed by atoms with van der Waals surface area (Å²) in [6.07, 6.45) is 14.6. The Kier molecular flexibility index (Phi) is 12.0. The highest BCUT2D eigenvalue weighted by Gasteiger charge is 2.09. The van der Waals surface area contributed by atoms with Crippen LogP contribution in [-0.2, 0) is 4.79 Å². The van der Waals surface area contributed by atoms with Crippen molar-refractivity contribution >= 4 is 34.8 Å². The van der Waals surface area contributed by atoms with Gasteiger partial charge in [0.2, 0.25) is 5.91 Å². The minimum Gasteiger partial charge on any atom is -0.324 e. The lowest BCUT2D eigenvalue weighted by Gasteiger charge is -2.09. The van der Waals surface area contributed by atoms with Gasteiger partial charge in [-0.05, 0) is 18.6 Å². The van der Waals surface area contributed by atoms with Gasteiger partial charge in [0, 0.05) is 6.42 Å². The molecule has 1 aromatic rings. The largest absolute Gasteiger partial charge is 0.324 e. The third kappa shape index (κ3) is 9.54. The quantitative estimate of drug-likeness (QED) is 0.354. The first-order valence-electron chi connectivity index (χ1n) is 9.39. The van der Waals surface area contributed by atoms with Gasteiger partial charge in [0.15, 0.2) is 0 Å². The normalized spacial score (nSPS) is 10.8. The van der Waals surface area contributed by atoms with Gasteiger partial charge >= 0.3 is 0 Å². The smallest absolute Gasteiger partial charge is 0.224 e. The van der Waals surface area contributed by atoms with E-state index in [1.54, 1.807) is 18.2 Å². The number of carbonyl (C=O) groups is 1. The van der Waals surface area contributed by atoms with E-state index in [0.29, 0.717) is 22.2 Å². The summed E-state index contributed by atoms with van der Waals surface area (Å²) in [6, 6.07) is 5.22. The second kappa shape index (κ2) is 13.5. The minimum absolute atomic E-state index is 0.0130. The van der Waals surface area contributed by atoms with Crippen LogP contribution in [-0.4, -0.2) is 5.91 Å². The van der Waals surface area contributed by atoms with E-state index in [4.69, 9.17) is 23.2 Å². The molecule has 0 aliphatic rings. The third-order valence-electron chi connectivity index (χ3n) is 4.23. The first-order chi connectivity index (χ1) is 11.6. The summed E-state index contributed by atoms with van der Waals surface area (Å²) in [7, 11) is 0. The Bertz CT molecular complexity index is 456. The highest BCUT2D eigenvalue weighted by Crippen LogP contribution is 2.29. The molecule has 0 heterocycles. The van der Waals surface area contributed by atoms with E-state index in [1.807, 2.05) is 0 Å². The number of carbonyl (C=O) groups excluding carboxylic acids is 1. The molecule has 1 N–H and O–H groups in total. The molecule has 0 atom stereocenters. The van der Waals surface area contributed by atoms with Crippen molar-refractivity contribution in [3.63, 3.8) is 0 Å². The predicted octanol–water partition coefficient (Wildman–Crippen LogP) is 7.63. The van der Waals surface area contributed by atoms with Gasteiger partial charge in [-0.15, -0.1) is 0 Å². The van der Waals surface area contributed by atoms with Crippen LogP contribution < -0.4 is 5.32 Å². The molecule has 1 amide bonds. The zero-order chi connectivity index (χ0) is 17.6. The van der Waals surface area contributed by atoms with Crippen LogP contribution in [0.25, 0.3) is 0 Å². The molecule has 0 spiro atoms. The highest BCUT2D eigenvalue weighted by molar-refractivity contribution is 6.39. The fourth-order valence-corrected chi connectivity index (χ4v) is 3.26. The molecular weight excluding hydrogens is 341 g/mol. The van der Waals surface area contributed by atoms with Gasteiger partial charge in [0.1, 0.15) is 0 Å². The van der Waals surface area contributed by atoms with Crippen LogP contribution >= 0.6 is 23.2 Å². The lowest BCUT2D eigenvalue weighted by molar-refractivity contribution is -0.116. The Morgan fingerprint density at radius 2 is 1.29 bits per heavy atom. The Morgan fingerprint density at radius 3 is 1.79 bits per heavy atom. The number of hydrogen-bond acceptors (Lipinski definition) is 1. The molecule has 0 saturated heterocycles. The molecule has 1 rings (SSSR count). The Balaban J connectivity index is 2.00. The van der Waals surface area contributed by atoms with Gasteiger partial charge in [0.25, 0.3) is 0 Å². The maximum absolute atomic E-state index is 11.9. The second-order valence-corrected chi connectivity index (χ2v) is 7.24. The molecular formula is C20H31Cl2NO. The SMILES string of the molecule is CCCCCCCCCCCCCC(=O)Nc1c(Cl)cccc1Cl. The highest BCUT2D eigenvalue weighted by atomic mass is 35.5. The van der Waals surface area contributed by atoms with Crippen molar-refractivity contribution in [2.24, 2.45) is 0 Å². The minimum atomic E-state index is -0.0130. The molecule has 4 heteroatoms. The third-order valence-corrected chi connectivity index (χ3v) is 4.86. The topological polar surface area (TPSA) is 29.1 Å². The van der Waals surface area contributed by atoms with E-state index < -0.39 is 0 Å². The Labute approximate surface area is 157 Å². The number of benzene rings is 1. The standard InChI is InChI=1S/C20H31Cl2NO/c1-2-3-4-5-6-7-8-9-10-11-12-16-19(24)23-20-17(21)14-13-15-18(20)22/h13-15H,2-12,16H2,1H3,(H,23,24). The fraction of sp³-hybridized carbons (Fsp3) is 0.650. The van der Waals surface area contributed by atoms with E-state index in [-0.39, 0.29) is 5.91 Å². The number of unbranched alkanes of at least 4 members (excludes halogenated alkanes) is 10. The molecule has 1 aromatic carbocycles. The van der Waals surface area contributed by atoms with Crippen molar-refractivity contribution in [1.29, 1.82) is 0 Å². The average molecular weight is 372 g/mol. The summed E-state index contributed by atoms with van der Waals surface area (Å²) in [5.74, 6) is -0.0130. The maximum Gasteiger partial charge on any atom is 0.224 e. The van der Waals surface area contributed by atoms with Crippen molar-refractivity contribution in [2.45, 2.75) is 84.0 Å². The molecule has 0 unspecified atom stereocenters. The van der Waals surface area contributed by atoms with Crippen LogP contribution in [0.1, 0.15) is 84.0 Å². The summed E-state index contributed by atoms with van der Waals surface area (Å²) < 4.78 is 0.